The Bertz CT molecular complexity index is 342. The van der Waals surface area contributed by atoms with Crippen LogP contribution in [-0.4, -0.2) is 33.1 Å². The van der Waals surface area contributed by atoms with Gasteiger partial charge in [-0.3, -0.25) is 0 Å². The lowest BCUT2D eigenvalue weighted by Crippen LogP contribution is -2.34. The minimum absolute atomic E-state index is 0.0820. The fraction of sp³-hybridized carbons (Fsp3) is 0.867. The molecule has 0 amide bonds. The van der Waals surface area contributed by atoms with E-state index in [4.69, 9.17) is 0 Å². The standard InChI is InChI=1S/C15H26O3/c1-8-11-5-10(15(3,4)18)6-13(16)9(2)12(11)7-14(8)17/h7-11,13-14,16-18H,5-6H2,1-4H3/t8-,9-,10+,11+,13-,14+/m1/s1. The Hall–Kier alpha value is -0.380. The van der Waals surface area contributed by atoms with Gasteiger partial charge in [0, 0.05) is 5.92 Å². The average molecular weight is 254 g/mol. The zero-order chi connectivity index (χ0) is 13.7. The maximum absolute atomic E-state index is 10.3. The van der Waals surface area contributed by atoms with Crippen molar-refractivity contribution in [2.24, 2.45) is 23.7 Å². The van der Waals surface area contributed by atoms with Crippen LogP contribution in [0.4, 0.5) is 0 Å². The highest BCUT2D eigenvalue weighted by atomic mass is 16.3. The van der Waals surface area contributed by atoms with Gasteiger partial charge in [0.2, 0.25) is 0 Å². The first-order chi connectivity index (χ1) is 8.21. The molecule has 6 atom stereocenters. The summed E-state index contributed by atoms with van der Waals surface area (Å²) < 4.78 is 0. The molecule has 1 fully saturated rings. The molecule has 0 unspecified atom stereocenters. The second-order valence-electron chi connectivity index (χ2n) is 6.80. The molecule has 0 aliphatic heterocycles. The number of aliphatic hydroxyl groups is 3. The molecule has 2 rings (SSSR count). The van der Waals surface area contributed by atoms with E-state index in [2.05, 4.69) is 6.92 Å². The van der Waals surface area contributed by atoms with Crippen LogP contribution in [0.5, 0.6) is 0 Å². The third kappa shape index (κ3) is 2.36. The topological polar surface area (TPSA) is 60.7 Å². The highest BCUT2D eigenvalue weighted by Crippen LogP contribution is 2.47. The van der Waals surface area contributed by atoms with Gasteiger partial charge in [-0.15, -0.1) is 0 Å². The van der Waals surface area contributed by atoms with E-state index in [0.29, 0.717) is 12.3 Å². The Morgan fingerprint density at radius 2 is 1.78 bits per heavy atom. The van der Waals surface area contributed by atoms with Gasteiger partial charge in [0.05, 0.1) is 17.8 Å². The number of hydrogen-bond acceptors (Lipinski definition) is 3. The van der Waals surface area contributed by atoms with Crippen LogP contribution in [0.2, 0.25) is 0 Å². The summed E-state index contributed by atoms with van der Waals surface area (Å²) in [5, 5.41) is 30.5. The first-order valence-electron chi connectivity index (χ1n) is 7.02. The van der Waals surface area contributed by atoms with Gasteiger partial charge in [0.15, 0.2) is 0 Å². The van der Waals surface area contributed by atoms with Gasteiger partial charge in [-0.25, -0.2) is 0 Å². The first-order valence-corrected chi connectivity index (χ1v) is 7.02. The van der Waals surface area contributed by atoms with Crippen molar-refractivity contribution < 1.29 is 15.3 Å². The van der Waals surface area contributed by atoms with Gasteiger partial charge in [-0.1, -0.05) is 25.5 Å². The molecule has 0 bridgehead atoms. The third-order valence-electron chi connectivity index (χ3n) is 5.13. The summed E-state index contributed by atoms with van der Waals surface area (Å²) >= 11 is 0. The Balaban J connectivity index is 2.30. The van der Waals surface area contributed by atoms with Crippen LogP contribution in [0.15, 0.2) is 11.6 Å². The van der Waals surface area contributed by atoms with Gasteiger partial charge in [0.25, 0.3) is 0 Å². The molecule has 18 heavy (non-hydrogen) atoms. The summed E-state index contributed by atoms with van der Waals surface area (Å²) in [6.07, 6.45) is 2.60. The minimum atomic E-state index is -0.774. The maximum Gasteiger partial charge on any atom is 0.0754 e. The van der Waals surface area contributed by atoms with Crippen molar-refractivity contribution in [2.45, 2.75) is 58.3 Å². The molecule has 0 radical (unpaired) electrons. The summed E-state index contributed by atoms with van der Waals surface area (Å²) in [6, 6.07) is 0. The van der Waals surface area contributed by atoms with Gasteiger partial charge in [-0.2, -0.15) is 0 Å². The lowest BCUT2D eigenvalue weighted by molar-refractivity contribution is -0.0171. The number of rotatable bonds is 1. The molecule has 3 heteroatoms. The van der Waals surface area contributed by atoms with Crippen LogP contribution >= 0.6 is 0 Å². The summed E-state index contributed by atoms with van der Waals surface area (Å²) in [6.45, 7) is 7.73. The van der Waals surface area contributed by atoms with E-state index in [1.54, 1.807) is 0 Å². The number of aliphatic hydroxyl groups excluding tert-OH is 2. The zero-order valence-electron chi connectivity index (χ0n) is 11.8. The lowest BCUT2D eigenvalue weighted by atomic mass is 9.78. The first kappa shape index (κ1) is 14.0. The number of hydrogen-bond donors (Lipinski definition) is 3. The summed E-state index contributed by atoms with van der Waals surface area (Å²) in [5.41, 5.74) is 0.415. The summed E-state index contributed by atoms with van der Waals surface area (Å²) in [7, 11) is 0. The Labute approximate surface area is 110 Å². The largest absolute Gasteiger partial charge is 0.393 e. The monoisotopic (exact) mass is 254 g/mol. The Kier molecular flexibility index (Phi) is 3.60. The van der Waals surface area contributed by atoms with Crippen molar-refractivity contribution in [3.05, 3.63) is 11.6 Å². The van der Waals surface area contributed by atoms with E-state index in [9.17, 15) is 15.3 Å². The van der Waals surface area contributed by atoms with E-state index < -0.39 is 17.8 Å². The molecule has 0 aromatic rings. The van der Waals surface area contributed by atoms with E-state index >= 15 is 0 Å². The van der Waals surface area contributed by atoms with Crippen LogP contribution in [0.3, 0.4) is 0 Å². The summed E-state index contributed by atoms with van der Waals surface area (Å²) in [5.74, 6) is 0.654. The molecule has 2 aliphatic carbocycles. The Morgan fingerprint density at radius 1 is 1.17 bits per heavy atom. The molecule has 0 heterocycles. The van der Waals surface area contributed by atoms with E-state index in [1.165, 1.54) is 5.57 Å². The quantitative estimate of drug-likeness (QED) is 0.624. The van der Waals surface area contributed by atoms with Gasteiger partial charge in [0.1, 0.15) is 0 Å². The van der Waals surface area contributed by atoms with Crippen LogP contribution in [0, 0.1) is 23.7 Å². The molecule has 0 aromatic carbocycles. The number of fused-ring (bicyclic) bond motifs is 1. The van der Waals surface area contributed by atoms with Crippen LogP contribution in [-0.2, 0) is 0 Å². The van der Waals surface area contributed by atoms with Crippen LogP contribution in [0.25, 0.3) is 0 Å². The van der Waals surface area contributed by atoms with Gasteiger partial charge >= 0.3 is 0 Å². The van der Waals surface area contributed by atoms with Crippen molar-refractivity contribution in [2.75, 3.05) is 0 Å². The highest BCUT2D eigenvalue weighted by molar-refractivity contribution is 5.24. The minimum Gasteiger partial charge on any atom is -0.393 e. The predicted octanol–water partition coefficient (Wildman–Crippen LogP) is 1.72. The third-order valence-corrected chi connectivity index (χ3v) is 5.13. The fourth-order valence-electron chi connectivity index (χ4n) is 3.55. The van der Waals surface area contributed by atoms with E-state index in [0.717, 1.165) is 6.42 Å². The molecule has 104 valence electrons. The van der Waals surface area contributed by atoms with Crippen molar-refractivity contribution in [1.82, 2.24) is 0 Å². The highest BCUT2D eigenvalue weighted by Gasteiger charge is 2.44. The fourth-order valence-corrected chi connectivity index (χ4v) is 3.55. The van der Waals surface area contributed by atoms with Crippen molar-refractivity contribution in [3.8, 4) is 0 Å². The lowest BCUT2D eigenvalue weighted by Gasteiger charge is -2.32. The second-order valence-corrected chi connectivity index (χ2v) is 6.80. The second kappa shape index (κ2) is 4.62. The van der Waals surface area contributed by atoms with E-state index in [1.807, 2.05) is 26.8 Å². The molecule has 0 spiro atoms. The average Bonchev–Trinajstić information content (AvgIpc) is 2.45. The molecule has 0 saturated heterocycles. The van der Waals surface area contributed by atoms with Crippen molar-refractivity contribution in [1.29, 1.82) is 0 Å². The Morgan fingerprint density at radius 3 is 2.33 bits per heavy atom. The molecular formula is C15H26O3. The SMILES string of the molecule is C[C@@H]1[C@@H]2C[C@H](C(C)(C)O)C[C@@H](O)[C@H](C)C2=C[C@@H]1O. The maximum atomic E-state index is 10.3. The van der Waals surface area contributed by atoms with Gasteiger partial charge in [-0.05, 0) is 44.4 Å². The predicted molar refractivity (Wildman–Crippen MR) is 70.9 cm³/mol. The zero-order valence-corrected chi connectivity index (χ0v) is 11.8. The summed E-state index contributed by atoms with van der Waals surface area (Å²) in [4.78, 5) is 0. The van der Waals surface area contributed by atoms with Crippen LogP contribution in [0.1, 0.15) is 40.5 Å². The van der Waals surface area contributed by atoms with Crippen molar-refractivity contribution in [3.63, 3.8) is 0 Å². The van der Waals surface area contributed by atoms with E-state index in [-0.39, 0.29) is 17.8 Å². The van der Waals surface area contributed by atoms with Crippen molar-refractivity contribution >= 4 is 0 Å². The molecule has 1 saturated carbocycles. The normalized spacial score (nSPS) is 45.4. The smallest absolute Gasteiger partial charge is 0.0754 e. The molecule has 3 N–H and O–H groups in total. The molecule has 3 nitrogen and oxygen atoms in total. The molecular weight excluding hydrogens is 228 g/mol. The van der Waals surface area contributed by atoms with Crippen LogP contribution < -0.4 is 0 Å². The molecule has 2 aliphatic rings. The molecule has 0 aromatic heterocycles. The van der Waals surface area contributed by atoms with Gasteiger partial charge < -0.3 is 15.3 Å².